The molecule has 0 spiro atoms. The smallest absolute Gasteiger partial charge is 0.262 e. The van der Waals surface area contributed by atoms with E-state index in [-0.39, 0.29) is 23.7 Å². The molecule has 6 nitrogen and oxygen atoms in total. The molecule has 0 saturated heterocycles. The van der Waals surface area contributed by atoms with Crippen molar-refractivity contribution in [3.8, 4) is 17.2 Å². The molecule has 3 heterocycles. The number of nitrogens with one attached hydrogen (secondary N) is 1. The maximum atomic E-state index is 11.8. The SMILES string of the molecule is CCOc1cc2c(c3c1OC(C)(C)C3)C(c1ccc3c(c1)NC(=O)CO3)=NC(C)(C)C2. The Morgan fingerprint density at radius 3 is 2.74 bits per heavy atom. The zero-order valence-electron chi connectivity index (χ0n) is 18.7. The van der Waals surface area contributed by atoms with Crippen molar-refractivity contribution >= 4 is 17.3 Å². The number of rotatable bonds is 3. The average molecular weight is 421 g/mol. The largest absolute Gasteiger partial charge is 0.490 e. The third-order valence-corrected chi connectivity index (χ3v) is 5.87. The highest BCUT2D eigenvalue weighted by atomic mass is 16.5. The Balaban J connectivity index is 1.71. The van der Waals surface area contributed by atoms with E-state index in [0.29, 0.717) is 18.0 Å². The summed E-state index contributed by atoms with van der Waals surface area (Å²) in [5.74, 6) is 2.17. The summed E-state index contributed by atoms with van der Waals surface area (Å²) in [5, 5.41) is 2.91. The second kappa shape index (κ2) is 6.74. The molecule has 0 aliphatic carbocycles. The molecular weight excluding hydrogens is 392 g/mol. The Morgan fingerprint density at radius 2 is 1.97 bits per heavy atom. The monoisotopic (exact) mass is 420 g/mol. The summed E-state index contributed by atoms with van der Waals surface area (Å²) in [7, 11) is 0. The standard InChI is InChI=1S/C25H28N2O4/c1-6-29-19-10-15-11-24(2,3)27-22(21(15)16-12-25(4,5)31-23(16)19)14-7-8-18-17(9-14)26-20(28)13-30-18/h7-10H,6,11-13H2,1-5H3,(H,26,28). The van der Waals surface area contributed by atoms with Gasteiger partial charge in [-0.2, -0.15) is 0 Å². The van der Waals surface area contributed by atoms with Crippen LogP contribution in [0.25, 0.3) is 0 Å². The van der Waals surface area contributed by atoms with Gasteiger partial charge in [0.25, 0.3) is 5.91 Å². The lowest BCUT2D eigenvalue weighted by Gasteiger charge is -2.31. The van der Waals surface area contributed by atoms with Gasteiger partial charge in [0.1, 0.15) is 11.4 Å². The molecule has 2 aromatic rings. The zero-order valence-corrected chi connectivity index (χ0v) is 18.7. The second-order valence-corrected chi connectivity index (χ2v) is 9.69. The van der Waals surface area contributed by atoms with Gasteiger partial charge >= 0.3 is 0 Å². The molecule has 6 heteroatoms. The van der Waals surface area contributed by atoms with Crippen molar-refractivity contribution in [2.75, 3.05) is 18.5 Å². The topological polar surface area (TPSA) is 69.2 Å². The number of anilines is 1. The number of carbonyl (C=O) groups excluding carboxylic acids is 1. The van der Waals surface area contributed by atoms with E-state index in [2.05, 4.69) is 39.1 Å². The molecule has 1 amide bonds. The fraction of sp³-hybridized carbons (Fsp3) is 0.440. The lowest BCUT2D eigenvalue weighted by molar-refractivity contribution is -0.118. The Hall–Kier alpha value is -3.02. The van der Waals surface area contributed by atoms with E-state index in [4.69, 9.17) is 19.2 Å². The third kappa shape index (κ3) is 3.44. The highest BCUT2D eigenvalue weighted by Gasteiger charge is 2.40. The Labute approximate surface area is 182 Å². The minimum absolute atomic E-state index is 0.0449. The quantitative estimate of drug-likeness (QED) is 0.804. The van der Waals surface area contributed by atoms with E-state index >= 15 is 0 Å². The first-order valence-electron chi connectivity index (χ1n) is 10.8. The minimum Gasteiger partial charge on any atom is -0.490 e. The minimum atomic E-state index is -0.306. The molecule has 3 aliphatic rings. The summed E-state index contributed by atoms with van der Waals surface area (Å²) in [4.78, 5) is 17.0. The van der Waals surface area contributed by atoms with E-state index in [1.165, 1.54) is 5.56 Å². The Kier molecular flexibility index (Phi) is 4.33. The van der Waals surface area contributed by atoms with Crippen LogP contribution in [0.2, 0.25) is 0 Å². The van der Waals surface area contributed by atoms with Crippen LogP contribution in [0.3, 0.4) is 0 Å². The van der Waals surface area contributed by atoms with E-state index in [9.17, 15) is 4.79 Å². The van der Waals surface area contributed by atoms with Crippen LogP contribution in [0.5, 0.6) is 17.2 Å². The van der Waals surface area contributed by atoms with Crippen molar-refractivity contribution in [1.29, 1.82) is 0 Å². The summed E-state index contributed by atoms with van der Waals surface area (Å²) in [5.41, 5.74) is 5.50. The first-order chi connectivity index (χ1) is 14.7. The van der Waals surface area contributed by atoms with Gasteiger partial charge in [-0.3, -0.25) is 9.79 Å². The summed E-state index contributed by atoms with van der Waals surface area (Å²) in [6.07, 6.45) is 1.61. The molecule has 0 fully saturated rings. The highest BCUT2D eigenvalue weighted by Crippen LogP contribution is 2.48. The lowest BCUT2D eigenvalue weighted by atomic mass is 9.81. The number of ether oxygens (including phenoxy) is 3. The van der Waals surface area contributed by atoms with Gasteiger partial charge in [-0.05, 0) is 70.9 Å². The van der Waals surface area contributed by atoms with Gasteiger partial charge in [0.2, 0.25) is 0 Å². The van der Waals surface area contributed by atoms with Crippen LogP contribution in [-0.4, -0.2) is 36.0 Å². The number of benzene rings is 2. The van der Waals surface area contributed by atoms with Crippen molar-refractivity contribution in [2.24, 2.45) is 4.99 Å². The van der Waals surface area contributed by atoms with E-state index < -0.39 is 0 Å². The number of hydrogen-bond donors (Lipinski definition) is 1. The second-order valence-electron chi connectivity index (χ2n) is 9.69. The number of amides is 1. The number of fused-ring (bicyclic) bond motifs is 4. The number of nitrogens with zero attached hydrogens (tertiary/aromatic N) is 1. The van der Waals surface area contributed by atoms with E-state index in [0.717, 1.165) is 46.7 Å². The fourth-order valence-electron chi connectivity index (χ4n) is 4.77. The Bertz CT molecular complexity index is 1130. The molecule has 0 saturated carbocycles. The fourth-order valence-corrected chi connectivity index (χ4v) is 4.77. The molecule has 0 unspecified atom stereocenters. The number of carbonyl (C=O) groups is 1. The summed E-state index contributed by atoms with van der Waals surface area (Å²) in [6, 6.07) is 8.01. The van der Waals surface area contributed by atoms with Crippen molar-refractivity contribution in [1.82, 2.24) is 0 Å². The predicted molar refractivity (Wildman–Crippen MR) is 120 cm³/mol. The third-order valence-electron chi connectivity index (χ3n) is 5.87. The molecule has 5 rings (SSSR count). The number of hydrogen-bond acceptors (Lipinski definition) is 5. The predicted octanol–water partition coefficient (Wildman–Crippen LogP) is 4.30. The van der Waals surface area contributed by atoms with Gasteiger partial charge < -0.3 is 19.5 Å². The lowest BCUT2D eigenvalue weighted by Crippen LogP contribution is -2.31. The van der Waals surface area contributed by atoms with Crippen LogP contribution >= 0.6 is 0 Å². The number of aliphatic imine (C=N–C) groups is 1. The molecule has 31 heavy (non-hydrogen) atoms. The summed E-state index contributed by atoms with van der Waals surface area (Å²) < 4.78 is 17.8. The maximum absolute atomic E-state index is 11.8. The van der Waals surface area contributed by atoms with Crippen LogP contribution in [0.15, 0.2) is 29.3 Å². The first kappa shape index (κ1) is 19.9. The van der Waals surface area contributed by atoms with Crippen LogP contribution < -0.4 is 19.5 Å². The van der Waals surface area contributed by atoms with Gasteiger partial charge in [0.15, 0.2) is 18.1 Å². The molecule has 2 aromatic carbocycles. The van der Waals surface area contributed by atoms with Gasteiger partial charge in [-0.15, -0.1) is 0 Å². The van der Waals surface area contributed by atoms with Gasteiger partial charge in [0, 0.05) is 23.1 Å². The van der Waals surface area contributed by atoms with E-state index in [1.807, 2.05) is 25.1 Å². The molecule has 0 atom stereocenters. The zero-order chi connectivity index (χ0) is 22.0. The van der Waals surface area contributed by atoms with E-state index in [1.54, 1.807) is 0 Å². The Morgan fingerprint density at radius 1 is 1.16 bits per heavy atom. The van der Waals surface area contributed by atoms with Crippen molar-refractivity contribution in [3.05, 3.63) is 46.5 Å². The molecular formula is C25H28N2O4. The van der Waals surface area contributed by atoms with Gasteiger partial charge in [-0.25, -0.2) is 0 Å². The normalized spacial score (nSPS) is 19.8. The van der Waals surface area contributed by atoms with Gasteiger partial charge in [-0.1, -0.05) is 0 Å². The molecule has 3 aliphatic heterocycles. The van der Waals surface area contributed by atoms with Crippen LogP contribution in [0.4, 0.5) is 5.69 Å². The highest BCUT2D eigenvalue weighted by molar-refractivity contribution is 6.17. The molecule has 0 bridgehead atoms. The van der Waals surface area contributed by atoms with Crippen molar-refractivity contribution in [3.63, 3.8) is 0 Å². The van der Waals surface area contributed by atoms with Crippen molar-refractivity contribution in [2.45, 2.75) is 58.6 Å². The van der Waals surface area contributed by atoms with Gasteiger partial charge in [0.05, 0.1) is 23.5 Å². The van der Waals surface area contributed by atoms with Crippen molar-refractivity contribution < 1.29 is 19.0 Å². The van der Waals surface area contributed by atoms with Crippen LogP contribution in [0.1, 0.15) is 56.9 Å². The molecule has 0 radical (unpaired) electrons. The maximum Gasteiger partial charge on any atom is 0.262 e. The average Bonchev–Trinajstić information content (AvgIpc) is 3.01. The van der Waals surface area contributed by atoms with Crippen LogP contribution in [-0.2, 0) is 17.6 Å². The molecule has 162 valence electrons. The molecule has 1 N–H and O–H groups in total. The summed E-state index contributed by atoms with van der Waals surface area (Å²) in [6.45, 7) is 11.1. The molecule has 0 aromatic heterocycles. The summed E-state index contributed by atoms with van der Waals surface area (Å²) >= 11 is 0. The first-order valence-corrected chi connectivity index (χ1v) is 10.8. The van der Waals surface area contributed by atoms with Crippen LogP contribution in [0, 0.1) is 0 Å².